The highest BCUT2D eigenvalue weighted by Gasteiger charge is 2.20. The summed E-state index contributed by atoms with van der Waals surface area (Å²) in [5, 5.41) is 0. The third kappa shape index (κ3) is 10.5. The Kier molecular flexibility index (Phi) is 13.4. The van der Waals surface area contributed by atoms with Crippen LogP contribution in [-0.4, -0.2) is 43.8 Å². The van der Waals surface area contributed by atoms with Crippen LogP contribution in [0.3, 0.4) is 0 Å². The maximum absolute atomic E-state index is 11.4. The molecule has 0 amide bonds. The lowest BCUT2D eigenvalue weighted by Gasteiger charge is -2.29. The van der Waals surface area contributed by atoms with Crippen molar-refractivity contribution in [1.82, 2.24) is 4.90 Å². The number of carbonyl (C=O) groups is 1. The van der Waals surface area contributed by atoms with Gasteiger partial charge in [0, 0.05) is 19.3 Å². The van der Waals surface area contributed by atoms with Crippen molar-refractivity contribution >= 4 is 5.97 Å². The monoisotopic (exact) mass is 301 g/mol. The lowest BCUT2D eigenvalue weighted by atomic mass is 10.3. The minimum absolute atomic E-state index is 0.348. The first kappa shape index (κ1) is 20.1. The number of hydrogen-bond donors (Lipinski definition) is 0. The Labute approximate surface area is 129 Å². The summed E-state index contributed by atoms with van der Waals surface area (Å²) in [6, 6.07) is 0. The zero-order chi connectivity index (χ0) is 15.9. The largest absolute Gasteiger partial charge is 0.443 e. The van der Waals surface area contributed by atoms with Gasteiger partial charge in [-0.1, -0.05) is 40.2 Å². The predicted octanol–water partition coefficient (Wildman–Crippen LogP) is 3.30. The van der Waals surface area contributed by atoms with Crippen LogP contribution in [0.5, 0.6) is 0 Å². The summed E-state index contributed by atoms with van der Waals surface area (Å²) >= 11 is 0. The van der Waals surface area contributed by atoms with E-state index in [2.05, 4.69) is 20.4 Å². The zero-order valence-electron chi connectivity index (χ0n) is 13.8. The molecule has 0 aliphatic rings. The molecule has 0 fully saturated rings. The topological polar surface area (TPSA) is 48.0 Å². The predicted molar refractivity (Wildman–Crippen MR) is 83.7 cm³/mol. The van der Waals surface area contributed by atoms with Crippen LogP contribution in [0.4, 0.5) is 0 Å². The number of hydrogen-bond acceptors (Lipinski definition) is 5. The minimum Gasteiger partial charge on any atom is -0.443 e. The van der Waals surface area contributed by atoms with Gasteiger partial charge >= 0.3 is 5.97 Å². The molecule has 1 unspecified atom stereocenters. The summed E-state index contributed by atoms with van der Waals surface area (Å²) < 4.78 is 16.6. The number of carbonyl (C=O) groups excluding carboxylic acids is 1. The Balaban J connectivity index is 4.34. The van der Waals surface area contributed by atoms with E-state index in [1.54, 1.807) is 0 Å². The van der Waals surface area contributed by atoms with E-state index in [1.807, 2.05) is 11.8 Å². The molecule has 21 heavy (non-hydrogen) atoms. The summed E-state index contributed by atoms with van der Waals surface area (Å²) in [4.78, 5) is 13.3. The molecule has 0 rings (SSSR count). The molecule has 0 bridgehead atoms. The van der Waals surface area contributed by atoms with Crippen LogP contribution in [0.2, 0.25) is 0 Å². The molecular weight excluding hydrogens is 270 g/mol. The first-order chi connectivity index (χ1) is 10.2. The van der Waals surface area contributed by atoms with Crippen LogP contribution < -0.4 is 0 Å². The summed E-state index contributed by atoms with van der Waals surface area (Å²) in [6.45, 7) is 11.8. The lowest BCUT2D eigenvalue weighted by Crippen LogP contribution is -2.41. The Hall–Kier alpha value is -0.910. The second kappa shape index (κ2) is 14.0. The number of rotatable bonds is 14. The van der Waals surface area contributed by atoms with Crippen molar-refractivity contribution in [2.45, 2.75) is 59.1 Å². The van der Waals surface area contributed by atoms with Crippen LogP contribution in [0.25, 0.3) is 0 Å². The highest BCUT2D eigenvalue weighted by Crippen LogP contribution is 2.08. The van der Waals surface area contributed by atoms with Crippen molar-refractivity contribution in [2.75, 3.05) is 26.7 Å². The fourth-order valence-electron chi connectivity index (χ4n) is 1.66. The SMILES string of the molecule is C=CC(=O)OC(CC)N(COCCCC)COCCCC. The maximum Gasteiger partial charge on any atom is 0.331 e. The van der Waals surface area contributed by atoms with E-state index in [0.29, 0.717) is 33.1 Å². The second-order valence-electron chi connectivity index (χ2n) is 4.87. The van der Waals surface area contributed by atoms with Crippen LogP contribution >= 0.6 is 0 Å². The highest BCUT2D eigenvalue weighted by atomic mass is 16.6. The fraction of sp³-hybridized carbons (Fsp3) is 0.812. The van der Waals surface area contributed by atoms with Gasteiger partial charge in [-0.25, -0.2) is 9.69 Å². The van der Waals surface area contributed by atoms with Gasteiger partial charge in [-0.2, -0.15) is 0 Å². The zero-order valence-corrected chi connectivity index (χ0v) is 13.8. The van der Waals surface area contributed by atoms with Gasteiger partial charge in [0.25, 0.3) is 0 Å². The Morgan fingerprint density at radius 3 is 2.00 bits per heavy atom. The van der Waals surface area contributed by atoms with Crippen molar-refractivity contribution < 1.29 is 19.0 Å². The van der Waals surface area contributed by atoms with E-state index in [0.717, 1.165) is 25.7 Å². The maximum atomic E-state index is 11.4. The number of nitrogens with zero attached hydrogens (tertiary/aromatic N) is 1. The molecular formula is C16H31NO4. The normalized spacial score (nSPS) is 12.4. The summed E-state index contributed by atoms with van der Waals surface area (Å²) in [7, 11) is 0. The molecule has 0 aromatic carbocycles. The Bertz CT molecular complexity index is 259. The van der Waals surface area contributed by atoms with E-state index in [9.17, 15) is 4.79 Å². The Morgan fingerprint density at radius 2 is 1.62 bits per heavy atom. The van der Waals surface area contributed by atoms with E-state index in [-0.39, 0.29) is 6.23 Å². The molecule has 0 radical (unpaired) electrons. The number of esters is 1. The average molecular weight is 301 g/mol. The first-order valence-corrected chi connectivity index (χ1v) is 7.92. The van der Waals surface area contributed by atoms with Crippen molar-refractivity contribution in [2.24, 2.45) is 0 Å². The van der Waals surface area contributed by atoms with E-state index in [4.69, 9.17) is 14.2 Å². The standard InChI is InChI=1S/C16H31NO4/c1-5-9-11-19-13-17(14-20-12-10-6-2)15(7-3)21-16(18)8-4/h8,15H,4-7,9-14H2,1-3H3. The quantitative estimate of drug-likeness (QED) is 0.213. The van der Waals surface area contributed by atoms with Gasteiger partial charge in [-0.3, -0.25) is 0 Å². The van der Waals surface area contributed by atoms with Crippen LogP contribution in [0, 0.1) is 0 Å². The third-order valence-electron chi connectivity index (χ3n) is 2.97. The van der Waals surface area contributed by atoms with Gasteiger partial charge in [0.15, 0.2) is 6.23 Å². The van der Waals surface area contributed by atoms with Crippen molar-refractivity contribution in [3.63, 3.8) is 0 Å². The fourth-order valence-corrected chi connectivity index (χ4v) is 1.66. The van der Waals surface area contributed by atoms with Gasteiger partial charge in [-0.15, -0.1) is 0 Å². The van der Waals surface area contributed by atoms with Crippen LogP contribution in [0.15, 0.2) is 12.7 Å². The highest BCUT2D eigenvalue weighted by molar-refractivity contribution is 5.81. The van der Waals surface area contributed by atoms with Crippen molar-refractivity contribution in [1.29, 1.82) is 0 Å². The van der Waals surface area contributed by atoms with Crippen LogP contribution in [-0.2, 0) is 19.0 Å². The summed E-state index contributed by atoms with van der Waals surface area (Å²) in [5.74, 6) is -0.422. The van der Waals surface area contributed by atoms with Crippen molar-refractivity contribution in [3.05, 3.63) is 12.7 Å². The van der Waals surface area contributed by atoms with Gasteiger partial charge in [0.2, 0.25) is 0 Å². The molecule has 0 heterocycles. The molecule has 0 aromatic rings. The van der Waals surface area contributed by atoms with Gasteiger partial charge in [0.05, 0.1) is 0 Å². The molecule has 0 aromatic heterocycles. The summed E-state index contributed by atoms with van der Waals surface area (Å²) in [6.07, 6.45) is 5.73. The van der Waals surface area contributed by atoms with Crippen molar-refractivity contribution in [3.8, 4) is 0 Å². The average Bonchev–Trinajstić information content (AvgIpc) is 2.51. The summed E-state index contributed by atoms with van der Waals surface area (Å²) in [5.41, 5.74) is 0. The van der Waals surface area contributed by atoms with E-state index < -0.39 is 5.97 Å². The molecule has 5 heteroatoms. The lowest BCUT2D eigenvalue weighted by molar-refractivity contribution is -0.171. The Morgan fingerprint density at radius 1 is 1.10 bits per heavy atom. The molecule has 0 saturated carbocycles. The number of unbranched alkanes of at least 4 members (excludes halogenated alkanes) is 2. The molecule has 5 nitrogen and oxygen atoms in total. The van der Waals surface area contributed by atoms with E-state index in [1.165, 1.54) is 6.08 Å². The molecule has 0 saturated heterocycles. The number of ether oxygens (including phenoxy) is 3. The third-order valence-corrected chi connectivity index (χ3v) is 2.97. The van der Waals surface area contributed by atoms with E-state index >= 15 is 0 Å². The molecule has 0 aliphatic carbocycles. The molecule has 0 aliphatic heterocycles. The van der Waals surface area contributed by atoms with Gasteiger partial charge in [0.1, 0.15) is 13.5 Å². The smallest absolute Gasteiger partial charge is 0.331 e. The molecule has 0 spiro atoms. The van der Waals surface area contributed by atoms with Gasteiger partial charge < -0.3 is 14.2 Å². The molecule has 124 valence electrons. The molecule has 0 N–H and O–H groups in total. The second-order valence-corrected chi connectivity index (χ2v) is 4.87. The van der Waals surface area contributed by atoms with Gasteiger partial charge in [-0.05, 0) is 19.3 Å². The molecule has 1 atom stereocenters. The minimum atomic E-state index is -0.422. The van der Waals surface area contributed by atoms with Crippen LogP contribution in [0.1, 0.15) is 52.9 Å². The first-order valence-electron chi connectivity index (χ1n) is 7.92.